The summed E-state index contributed by atoms with van der Waals surface area (Å²) in [5.41, 5.74) is 3.99. The lowest BCUT2D eigenvalue weighted by molar-refractivity contribution is 0.626. The van der Waals surface area contributed by atoms with Gasteiger partial charge in [-0.1, -0.05) is 40.2 Å². The minimum atomic E-state index is -0.234. The predicted octanol–water partition coefficient (Wildman–Crippen LogP) is 5.79. The molecule has 0 N–H and O–H groups in total. The third-order valence-electron chi connectivity index (χ3n) is 4.06. The highest BCUT2D eigenvalue weighted by Gasteiger charge is 2.09. The number of benzene rings is 2. The molecule has 0 amide bonds. The van der Waals surface area contributed by atoms with Crippen LogP contribution in [0.25, 0.3) is 11.3 Å². The molecule has 0 fully saturated rings. The van der Waals surface area contributed by atoms with Crippen molar-refractivity contribution in [2.75, 3.05) is 0 Å². The first-order chi connectivity index (χ1) is 13.2. The van der Waals surface area contributed by atoms with Gasteiger partial charge in [-0.3, -0.25) is 4.98 Å². The molecule has 0 aliphatic heterocycles. The number of nitrogens with zero attached hydrogens (tertiary/aromatic N) is 3. The molecule has 0 unspecified atom stereocenters. The molecule has 2 aromatic carbocycles. The largest absolute Gasteiger partial charge is 0.312 e. The summed E-state index contributed by atoms with van der Waals surface area (Å²) >= 11 is 5.06. The van der Waals surface area contributed by atoms with E-state index >= 15 is 0 Å². The molecule has 4 rings (SSSR count). The fourth-order valence-corrected chi connectivity index (χ4v) is 3.92. The van der Waals surface area contributed by atoms with Gasteiger partial charge in [0, 0.05) is 16.0 Å². The van der Waals surface area contributed by atoms with Gasteiger partial charge in [0.15, 0.2) is 4.80 Å². The van der Waals surface area contributed by atoms with Gasteiger partial charge in [0.05, 0.1) is 24.1 Å². The van der Waals surface area contributed by atoms with Crippen molar-refractivity contribution < 1.29 is 4.39 Å². The first kappa shape index (κ1) is 17.8. The topological polar surface area (TPSA) is 30.2 Å². The molecule has 0 spiro atoms. The Hall–Kier alpha value is -2.57. The molecular weight excluding hydrogens is 425 g/mol. The van der Waals surface area contributed by atoms with Crippen molar-refractivity contribution in [1.82, 2.24) is 9.55 Å². The fraction of sp³-hybridized carbons (Fsp3) is 0.0476. The van der Waals surface area contributed by atoms with Crippen molar-refractivity contribution in [2.24, 2.45) is 4.99 Å². The van der Waals surface area contributed by atoms with E-state index in [9.17, 15) is 4.39 Å². The number of rotatable bonds is 4. The van der Waals surface area contributed by atoms with E-state index in [-0.39, 0.29) is 5.82 Å². The molecule has 0 saturated heterocycles. The van der Waals surface area contributed by atoms with Gasteiger partial charge in [-0.25, -0.2) is 9.38 Å². The van der Waals surface area contributed by atoms with E-state index in [0.717, 1.165) is 31.8 Å². The molecule has 2 aromatic heterocycles. The van der Waals surface area contributed by atoms with Crippen LogP contribution in [0.2, 0.25) is 0 Å². The van der Waals surface area contributed by atoms with Crippen molar-refractivity contribution in [1.29, 1.82) is 0 Å². The van der Waals surface area contributed by atoms with Gasteiger partial charge >= 0.3 is 0 Å². The van der Waals surface area contributed by atoms with Crippen LogP contribution in [0.1, 0.15) is 5.56 Å². The minimum absolute atomic E-state index is 0.234. The van der Waals surface area contributed by atoms with Crippen LogP contribution in [-0.4, -0.2) is 9.55 Å². The molecule has 0 bridgehead atoms. The van der Waals surface area contributed by atoms with Crippen LogP contribution < -0.4 is 4.80 Å². The van der Waals surface area contributed by atoms with Crippen LogP contribution in [0.4, 0.5) is 10.1 Å². The molecule has 0 atom stereocenters. The van der Waals surface area contributed by atoms with Crippen molar-refractivity contribution in [3.63, 3.8) is 0 Å². The van der Waals surface area contributed by atoms with E-state index in [2.05, 4.69) is 43.0 Å². The molecule has 2 heterocycles. The Kier molecular flexibility index (Phi) is 5.27. The lowest BCUT2D eigenvalue weighted by Gasteiger charge is -2.10. The SMILES string of the molecule is Fc1ccc(Cn2c(-c3ccc(Br)cc3)csc2=Nc2cccnc2)cc1. The second-order valence-corrected chi connectivity index (χ2v) is 7.70. The van der Waals surface area contributed by atoms with Crippen molar-refractivity contribution in [3.8, 4) is 11.3 Å². The normalized spacial score (nSPS) is 11.7. The molecule has 27 heavy (non-hydrogen) atoms. The smallest absolute Gasteiger partial charge is 0.190 e. The summed E-state index contributed by atoms with van der Waals surface area (Å²) < 4.78 is 16.5. The van der Waals surface area contributed by atoms with Gasteiger partial charge in [0.2, 0.25) is 0 Å². The number of pyridine rings is 1. The Morgan fingerprint density at radius 2 is 1.81 bits per heavy atom. The van der Waals surface area contributed by atoms with E-state index in [4.69, 9.17) is 4.99 Å². The highest BCUT2D eigenvalue weighted by atomic mass is 79.9. The van der Waals surface area contributed by atoms with Crippen LogP contribution in [0, 0.1) is 5.82 Å². The van der Waals surface area contributed by atoms with Gasteiger partial charge in [0.25, 0.3) is 0 Å². The van der Waals surface area contributed by atoms with Crippen molar-refractivity contribution in [2.45, 2.75) is 6.54 Å². The summed E-state index contributed by atoms with van der Waals surface area (Å²) in [5, 5.41) is 2.10. The summed E-state index contributed by atoms with van der Waals surface area (Å²) in [5.74, 6) is -0.234. The van der Waals surface area contributed by atoms with Gasteiger partial charge < -0.3 is 4.57 Å². The monoisotopic (exact) mass is 439 g/mol. The van der Waals surface area contributed by atoms with Crippen molar-refractivity contribution in [3.05, 3.63) is 99.1 Å². The third-order valence-corrected chi connectivity index (χ3v) is 5.45. The molecular formula is C21H15BrFN3S. The molecule has 0 saturated carbocycles. The molecule has 0 radical (unpaired) electrons. The predicted molar refractivity (Wildman–Crippen MR) is 110 cm³/mol. The zero-order chi connectivity index (χ0) is 18.6. The highest BCUT2D eigenvalue weighted by Crippen LogP contribution is 2.24. The Bertz CT molecular complexity index is 1100. The molecule has 6 heteroatoms. The Morgan fingerprint density at radius 3 is 2.52 bits per heavy atom. The molecule has 134 valence electrons. The third kappa shape index (κ3) is 4.23. The number of thiazole rings is 1. The molecule has 3 nitrogen and oxygen atoms in total. The average Bonchev–Trinajstić information content (AvgIpc) is 3.07. The summed E-state index contributed by atoms with van der Waals surface area (Å²) in [6.07, 6.45) is 3.47. The molecule has 0 aliphatic rings. The van der Waals surface area contributed by atoms with E-state index < -0.39 is 0 Å². The van der Waals surface area contributed by atoms with E-state index in [1.54, 1.807) is 35.9 Å². The second kappa shape index (κ2) is 7.98. The summed E-state index contributed by atoms with van der Waals surface area (Å²) in [4.78, 5) is 9.75. The number of hydrogen-bond donors (Lipinski definition) is 0. The molecule has 4 aromatic rings. The second-order valence-electron chi connectivity index (χ2n) is 5.95. The maximum atomic E-state index is 13.3. The number of hydrogen-bond acceptors (Lipinski definition) is 3. The van der Waals surface area contributed by atoms with Gasteiger partial charge in [-0.15, -0.1) is 11.3 Å². The molecule has 0 aliphatic carbocycles. The van der Waals surface area contributed by atoms with Gasteiger partial charge in [-0.05, 0) is 47.5 Å². The highest BCUT2D eigenvalue weighted by molar-refractivity contribution is 9.10. The Balaban J connectivity index is 1.83. The van der Waals surface area contributed by atoms with E-state index in [0.29, 0.717) is 6.54 Å². The number of halogens is 2. The quantitative estimate of drug-likeness (QED) is 0.395. The van der Waals surface area contributed by atoms with Crippen LogP contribution in [0.3, 0.4) is 0 Å². The Morgan fingerprint density at radius 1 is 1.04 bits per heavy atom. The van der Waals surface area contributed by atoms with Gasteiger partial charge in [-0.2, -0.15) is 0 Å². The van der Waals surface area contributed by atoms with Crippen LogP contribution in [0.15, 0.2) is 87.9 Å². The zero-order valence-electron chi connectivity index (χ0n) is 14.2. The summed E-state index contributed by atoms with van der Waals surface area (Å²) in [6.45, 7) is 0.605. The summed E-state index contributed by atoms with van der Waals surface area (Å²) in [6, 6.07) is 18.6. The van der Waals surface area contributed by atoms with E-state index in [1.165, 1.54) is 12.1 Å². The minimum Gasteiger partial charge on any atom is -0.312 e. The van der Waals surface area contributed by atoms with Crippen LogP contribution in [-0.2, 0) is 6.54 Å². The first-order valence-electron chi connectivity index (χ1n) is 8.32. The lowest BCUT2D eigenvalue weighted by Crippen LogP contribution is -2.16. The van der Waals surface area contributed by atoms with E-state index in [1.807, 2.05) is 24.3 Å². The van der Waals surface area contributed by atoms with Crippen molar-refractivity contribution >= 4 is 33.0 Å². The van der Waals surface area contributed by atoms with Crippen LogP contribution >= 0.6 is 27.3 Å². The first-order valence-corrected chi connectivity index (χ1v) is 10.00. The van der Waals surface area contributed by atoms with Gasteiger partial charge in [0.1, 0.15) is 5.82 Å². The standard InChI is InChI=1S/C21H15BrFN3S/c22-17-7-5-16(6-8-17)20-14-27-21(25-19-2-1-11-24-12-19)26(20)13-15-3-9-18(23)10-4-15/h1-12,14H,13H2. The maximum absolute atomic E-state index is 13.3. The Labute approximate surface area is 168 Å². The summed E-state index contributed by atoms with van der Waals surface area (Å²) in [7, 11) is 0. The maximum Gasteiger partial charge on any atom is 0.190 e. The zero-order valence-corrected chi connectivity index (χ0v) is 16.6. The lowest BCUT2D eigenvalue weighted by atomic mass is 10.1. The fourth-order valence-electron chi connectivity index (χ4n) is 2.73. The average molecular weight is 440 g/mol. The number of aromatic nitrogens is 2. The van der Waals surface area contributed by atoms with Crippen LogP contribution in [0.5, 0.6) is 0 Å².